The molecule has 0 bridgehead atoms. The second-order valence-corrected chi connectivity index (χ2v) is 27.6. The highest BCUT2D eigenvalue weighted by Gasteiger charge is 2.55. The first-order valence-corrected chi connectivity index (χ1v) is 29.0. The number of fused-ring (bicyclic) bond motifs is 3. The Morgan fingerprint density at radius 3 is 2.26 bits per heavy atom. The highest BCUT2D eigenvalue weighted by atomic mass is 28.3. The minimum absolute atomic E-state index is 0.0398. The van der Waals surface area contributed by atoms with E-state index in [0.717, 1.165) is 47.2 Å². The molecule has 1 aliphatic heterocycles. The van der Waals surface area contributed by atoms with E-state index in [2.05, 4.69) is 98.5 Å². The van der Waals surface area contributed by atoms with E-state index in [9.17, 15) is 0 Å². The van der Waals surface area contributed by atoms with Crippen molar-refractivity contribution in [1.29, 1.82) is 0 Å². The lowest BCUT2D eigenvalue weighted by Gasteiger charge is -2.55. The molecule has 8 aliphatic carbocycles. The molecule has 10 rings (SSSR count). The Kier molecular flexibility index (Phi) is 13.0. The van der Waals surface area contributed by atoms with Crippen LogP contribution in [0.3, 0.4) is 0 Å². The monoisotopic (exact) mass is 838 g/mol. The number of nitrogens with zero attached hydrogens (tertiary/aromatic N) is 1. The van der Waals surface area contributed by atoms with Crippen LogP contribution in [0.4, 0.5) is 5.69 Å². The third-order valence-electron chi connectivity index (χ3n) is 19.0. The maximum Gasteiger partial charge on any atom is 0.0819 e. The lowest BCUT2D eigenvalue weighted by molar-refractivity contribution is -0.0476. The number of hydrogen-bond acceptors (Lipinski definition) is 2. The van der Waals surface area contributed by atoms with Crippen LogP contribution in [-0.4, -0.2) is 25.8 Å². The molecule has 0 spiro atoms. The smallest absolute Gasteiger partial charge is 0.0819 e. The molecule has 0 N–H and O–H groups in total. The molecule has 61 heavy (non-hydrogen) atoms. The highest BCUT2D eigenvalue weighted by Crippen LogP contribution is 2.61. The summed E-state index contributed by atoms with van der Waals surface area (Å²) in [6, 6.07) is 12.4. The molecule has 3 fully saturated rings. The van der Waals surface area contributed by atoms with Crippen molar-refractivity contribution in [3.05, 3.63) is 95.3 Å². The second-order valence-electron chi connectivity index (χ2n) is 22.6. The Hall–Kier alpha value is -2.36. The molecule has 9 unspecified atom stereocenters. The van der Waals surface area contributed by atoms with Gasteiger partial charge in [0.1, 0.15) is 0 Å². The van der Waals surface area contributed by atoms with Gasteiger partial charge < -0.3 is 9.64 Å². The Bertz CT molecular complexity index is 1870. The van der Waals surface area contributed by atoms with E-state index >= 15 is 0 Å². The number of hydrogen-bond donors (Lipinski definition) is 0. The molecule has 0 aromatic heterocycles. The third-order valence-corrected chi connectivity index (χ3v) is 26.6. The van der Waals surface area contributed by atoms with Crippen LogP contribution in [0.25, 0.3) is 5.57 Å². The number of benzene rings is 1. The van der Waals surface area contributed by atoms with E-state index in [0.29, 0.717) is 24.0 Å². The number of rotatable bonds is 10. The van der Waals surface area contributed by atoms with Gasteiger partial charge in [-0.15, -0.1) is 0 Å². The first-order chi connectivity index (χ1) is 29.9. The van der Waals surface area contributed by atoms with E-state index in [1.807, 2.05) is 0 Å². The number of anilines is 1. The molecule has 9 aliphatic rings. The molecule has 1 aromatic carbocycles. The second kappa shape index (κ2) is 18.6. The summed E-state index contributed by atoms with van der Waals surface area (Å²) in [4.78, 5) is 2.92. The summed E-state index contributed by atoms with van der Waals surface area (Å²) >= 11 is 0. The van der Waals surface area contributed by atoms with Crippen molar-refractivity contribution < 1.29 is 4.74 Å². The molecular formula is C58H83NOSi. The standard InChI is InChI=1S/C58H83NOSi/c1-42-17-15-20-47(39-42)45-28-33-49(34-29-45)59(54-26-16-27-55-57(54)53-25-13-14-38-58(53,3)60-55)50-35-30-46(31-36-50)48-32-37-56(43(2)40-48)61(51-21-9-5-10-22-51,52-23-11-6-12-24-52)41-44-18-7-4-8-19-44/h5,7,9,13,18,25,30-31,35-36,39-40,42-45,49,51-53,55-56H,4,6,8,10-12,14-17,19-24,26-29,32-34,37-38,41H2,1-3H3. The highest BCUT2D eigenvalue weighted by molar-refractivity contribution is 6.84. The first kappa shape index (κ1) is 42.6. The summed E-state index contributed by atoms with van der Waals surface area (Å²) in [5, 5.41) is 0. The molecule has 1 saturated heterocycles. The van der Waals surface area contributed by atoms with Gasteiger partial charge >= 0.3 is 0 Å². The molecular weight excluding hydrogens is 755 g/mol. The van der Waals surface area contributed by atoms with Gasteiger partial charge in [-0.25, -0.2) is 0 Å². The largest absolute Gasteiger partial charge is 0.367 e. The molecule has 1 heterocycles. The van der Waals surface area contributed by atoms with E-state index < -0.39 is 8.07 Å². The Labute approximate surface area is 373 Å². The van der Waals surface area contributed by atoms with E-state index in [1.54, 1.807) is 41.3 Å². The zero-order chi connectivity index (χ0) is 41.4. The van der Waals surface area contributed by atoms with Gasteiger partial charge in [-0.1, -0.05) is 118 Å². The van der Waals surface area contributed by atoms with Crippen molar-refractivity contribution in [1.82, 2.24) is 0 Å². The predicted molar refractivity (Wildman–Crippen MR) is 263 cm³/mol. The zero-order valence-electron chi connectivity index (χ0n) is 38.9. The number of allylic oxidation sites excluding steroid dienone is 10. The summed E-state index contributed by atoms with van der Waals surface area (Å²) in [5.41, 5.74) is 12.6. The van der Waals surface area contributed by atoms with Gasteiger partial charge in [0.25, 0.3) is 0 Å². The molecule has 0 radical (unpaired) electrons. The molecule has 9 atom stereocenters. The van der Waals surface area contributed by atoms with Crippen molar-refractivity contribution in [3.63, 3.8) is 0 Å². The van der Waals surface area contributed by atoms with Crippen molar-refractivity contribution in [3.8, 4) is 0 Å². The van der Waals surface area contributed by atoms with Gasteiger partial charge in [0.2, 0.25) is 0 Å². The van der Waals surface area contributed by atoms with E-state index in [4.69, 9.17) is 4.74 Å². The predicted octanol–water partition coefficient (Wildman–Crippen LogP) is 16.8. The fraction of sp³-hybridized carbons (Fsp3) is 0.690. The summed E-state index contributed by atoms with van der Waals surface area (Å²) in [5.74, 6) is 3.54. The van der Waals surface area contributed by atoms with Crippen LogP contribution in [0.2, 0.25) is 22.7 Å². The molecule has 0 amide bonds. The maximum absolute atomic E-state index is 7.07. The van der Waals surface area contributed by atoms with Gasteiger partial charge in [0.15, 0.2) is 0 Å². The quantitative estimate of drug-likeness (QED) is 0.172. The molecule has 2 nitrogen and oxygen atoms in total. The SMILES string of the molecule is CC1C=C(C2CCC(N(C3=C4C(CCC3)OC3(C)CCC=CC43)c3ccc(C4=CC(C)C([Si](CC5C=CCCC5)(C5CC=CCC5)C5CCCCC5)CC4)cc3)CC2)CCC1. The van der Waals surface area contributed by atoms with Gasteiger partial charge in [-0.3, -0.25) is 0 Å². The minimum Gasteiger partial charge on any atom is -0.367 e. The molecule has 330 valence electrons. The first-order valence-electron chi connectivity index (χ1n) is 26.6. The van der Waals surface area contributed by atoms with Gasteiger partial charge in [0.05, 0.1) is 19.8 Å². The maximum atomic E-state index is 7.07. The van der Waals surface area contributed by atoms with Crippen molar-refractivity contribution >= 4 is 19.3 Å². The van der Waals surface area contributed by atoms with Crippen molar-refractivity contribution in [2.75, 3.05) is 4.90 Å². The van der Waals surface area contributed by atoms with Crippen LogP contribution in [-0.2, 0) is 4.74 Å². The average molecular weight is 838 g/mol. The van der Waals surface area contributed by atoms with Crippen LogP contribution in [0.15, 0.2) is 89.7 Å². The van der Waals surface area contributed by atoms with Gasteiger partial charge in [-0.05, 0) is 204 Å². The lowest BCUT2D eigenvalue weighted by atomic mass is 9.74. The fourth-order valence-electron chi connectivity index (χ4n) is 16.1. The summed E-state index contributed by atoms with van der Waals surface area (Å²) < 4.78 is 7.07. The normalized spacial score (nSPS) is 38.0. The van der Waals surface area contributed by atoms with Crippen LogP contribution < -0.4 is 4.90 Å². The number of ether oxygens (including phenoxy) is 1. The zero-order valence-corrected chi connectivity index (χ0v) is 39.9. The topological polar surface area (TPSA) is 12.5 Å². The Morgan fingerprint density at radius 2 is 1.51 bits per heavy atom. The fourth-order valence-corrected chi connectivity index (χ4v) is 24.7. The molecule has 2 saturated carbocycles. The summed E-state index contributed by atoms with van der Waals surface area (Å²) in [6.07, 6.45) is 55.3. The summed E-state index contributed by atoms with van der Waals surface area (Å²) in [7, 11) is -1.66. The van der Waals surface area contributed by atoms with Gasteiger partial charge in [-0.2, -0.15) is 0 Å². The van der Waals surface area contributed by atoms with Crippen LogP contribution in [0.1, 0.15) is 187 Å². The third kappa shape index (κ3) is 8.53. The van der Waals surface area contributed by atoms with E-state index in [1.165, 1.54) is 146 Å². The average Bonchev–Trinajstić information content (AvgIpc) is 3.62. The van der Waals surface area contributed by atoms with Crippen LogP contribution in [0, 0.1) is 29.6 Å². The van der Waals surface area contributed by atoms with E-state index in [-0.39, 0.29) is 5.60 Å². The molecule has 3 heteroatoms. The van der Waals surface area contributed by atoms with Crippen molar-refractivity contribution in [2.45, 2.75) is 222 Å². The van der Waals surface area contributed by atoms with Gasteiger partial charge in [0, 0.05) is 23.3 Å². The lowest BCUT2D eigenvalue weighted by Crippen LogP contribution is -2.53. The van der Waals surface area contributed by atoms with Crippen LogP contribution in [0.5, 0.6) is 0 Å². The van der Waals surface area contributed by atoms with Crippen molar-refractivity contribution in [2.24, 2.45) is 29.6 Å². The molecule has 1 aromatic rings. The Balaban J connectivity index is 0.953. The van der Waals surface area contributed by atoms with Crippen LogP contribution >= 0.6 is 0 Å². The minimum atomic E-state index is -1.66. The Morgan fingerprint density at radius 1 is 0.689 bits per heavy atom. The summed E-state index contributed by atoms with van der Waals surface area (Å²) in [6.45, 7) is 7.56.